The van der Waals surface area contributed by atoms with Gasteiger partial charge in [0.2, 0.25) is 5.78 Å². The van der Waals surface area contributed by atoms with Gasteiger partial charge in [-0.3, -0.25) is 14.6 Å². The summed E-state index contributed by atoms with van der Waals surface area (Å²) in [4.78, 5) is 12.8. The van der Waals surface area contributed by atoms with Gasteiger partial charge in [0.25, 0.3) is 0 Å². The van der Waals surface area contributed by atoms with E-state index in [2.05, 4.69) is 31.2 Å². The number of hydrogen-bond acceptors (Lipinski definition) is 3. The third-order valence-electron chi connectivity index (χ3n) is 3.75. The minimum atomic E-state index is -0.104. The van der Waals surface area contributed by atoms with E-state index < -0.39 is 0 Å². The maximum atomic E-state index is 12.8. The fraction of sp³-hybridized carbons (Fsp3) is 0.0625. The van der Waals surface area contributed by atoms with Crippen molar-refractivity contribution in [1.29, 1.82) is 0 Å². The van der Waals surface area contributed by atoms with Gasteiger partial charge in [0.1, 0.15) is 5.69 Å². The molecule has 4 aromatic rings. The molecule has 0 aliphatic heterocycles. The first-order chi connectivity index (χ1) is 10.6. The van der Waals surface area contributed by atoms with Crippen molar-refractivity contribution >= 4 is 43.5 Å². The Labute approximate surface area is 134 Å². The molecule has 1 N–H and O–H groups in total. The van der Waals surface area contributed by atoms with E-state index in [1.807, 2.05) is 43.4 Å². The van der Waals surface area contributed by atoms with Crippen LogP contribution in [0.1, 0.15) is 16.1 Å². The van der Waals surface area contributed by atoms with E-state index in [-0.39, 0.29) is 5.78 Å². The van der Waals surface area contributed by atoms with Crippen LogP contribution in [0.4, 0.5) is 0 Å². The summed E-state index contributed by atoms with van der Waals surface area (Å²) in [6, 6.07) is 11.3. The summed E-state index contributed by atoms with van der Waals surface area (Å²) < 4.78 is 2.67. The van der Waals surface area contributed by atoms with Crippen LogP contribution in [0.5, 0.6) is 0 Å². The van der Waals surface area contributed by atoms with E-state index in [0.717, 1.165) is 26.3 Å². The zero-order valence-corrected chi connectivity index (χ0v) is 13.3. The average Bonchev–Trinajstić information content (AvgIpc) is 3.10. The number of H-pyrrole nitrogens is 1. The molecule has 0 saturated carbocycles. The van der Waals surface area contributed by atoms with Crippen LogP contribution >= 0.6 is 15.9 Å². The van der Waals surface area contributed by atoms with Gasteiger partial charge in [-0.1, -0.05) is 28.1 Å². The molecule has 0 spiro atoms. The molecule has 5 nitrogen and oxygen atoms in total. The van der Waals surface area contributed by atoms with Crippen molar-refractivity contribution in [2.24, 2.45) is 7.05 Å². The molecular weight excluding hydrogens is 344 g/mol. The highest BCUT2D eigenvalue weighted by Gasteiger charge is 2.17. The molecule has 0 radical (unpaired) electrons. The Morgan fingerprint density at radius 2 is 2.09 bits per heavy atom. The molecule has 0 unspecified atom stereocenters. The molecule has 0 aliphatic rings. The topological polar surface area (TPSA) is 63.6 Å². The summed E-state index contributed by atoms with van der Waals surface area (Å²) >= 11 is 3.43. The Balaban J connectivity index is 1.87. The maximum absolute atomic E-state index is 12.8. The number of nitrogens with zero attached hydrogens (tertiary/aromatic N) is 3. The number of carbonyl (C=O) groups excluding carboxylic acids is 1. The summed E-state index contributed by atoms with van der Waals surface area (Å²) in [5.41, 5.74) is 2.79. The molecule has 0 atom stereocenters. The zero-order chi connectivity index (χ0) is 15.3. The van der Waals surface area contributed by atoms with Crippen molar-refractivity contribution < 1.29 is 4.79 Å². The molecular formula is C16H11BrN4O. The Bertz CT molecular complexity index is 1030. The fourth-order valence-corrected chi connectivity index (χ4v) is 2.94. The van der Waals surface area contributed by atoms with Crippen molar-refractivity contribution in [3.63, 3.8) is 0 Å². The smallest absolute Gasteiger partial charge is 0.213 e. The summed E-state index contributed by atoms with van der Waals surface area (Å²) in [6.07, 6.45) is 1.78. The number of rotatable bonds is 2. The number of carbonyl (C=O) groups is 1. The maximum Gasteiger partial charge on any atom is 0.213 e. The monoisotopic (exact) mass is 354 g/mol. The Morgan fingerprint density at radius 3 is 2.95 bits per heavy atom. The molecule has 2 aromatic heterocycles. The van der Waals surface area contributed by atoms with Crippen molar-refractivity contribution in [3.8, 4) is 0 Å². The Morgan fingerprint density at radius 1 is 1.23 bits per heavy atom. The average molecular weight is 355 g/mol. The van der Waals surface area contributed by atoms with Crippen molar-refractivity contribution in [3.05, 3.63) is 58.3 Å². The molecule has 2 aromatic carbocycles. The molecule has 0 bridgehead atoms. The van der Waals surface area contributed by atoms with Gasteiger partial charge < -0.3 is 0 Å². The third kappa shape index (κ3) is 1.95. The minimum absolute atomic E-state index is 0.104. The number of nitrogens with one attached hydrogen (secondary N) is 1. The first kappa shape index (κ1) is 13.2. The van der Waals surface area contributed by atoms with Crippen LogP contribution in [0.2, 0.25) is 0 Å². The van der Waals surface area contributed by atoms with Gasteiger partial charge in [-0.15, -0.1) is 0 Å². The first-order valence-corrected chi connectivity index (χ1v) is 7.53. The van der Waals surface area contributed by atoms with Crippen molar-refractivity contribution in [2.75, 3.05) is 0 Å². The third-order valence-corrected chi connectivity index (χ3v) is 4.24. The second kappa shape index (κ2) is 4.78. The van der Waals surface area contributed by atoms with E-state index >= 15 is 0 Å². The number of hydrogen-bond donors (Lipinski definition) is 1. The van der Waals surface area contributed by atoms with E-state index in [1.165, 1.54) is 0 Å². The molecule has 108 valence electrons. The number of aromatic nitrogens is 4. The molecule has 22 heavy (non-hydrogen) atoms. The lowest BCUT2D eigenvalue weighted by atomic mass is 10.0. The quantitative estimate of drug-likeness (QED) is 0.560. The van der Waals surface area contributed by atoms with Crippen LogP contribution in [0.25, 0.3) is 21.8 Å². The predicted octanol–water partition coefficient (Wildman–Crippen LogP) is 3.44. The van der Waals surface area contributed by atoms with Crippen molar-refractivity contribution in [1.82, 2.24) is 20.0 Å². The SMILES string of the molecule is Cn1ncc2ccc(C(=O)c3n[nH]c4ccc(Br)cc34)cc21. The van der Waals surface area contributed by atoms with Gasteiger partial charge in [-0.25, -0.2) is 0 Å². The van der Waals surface area contributed by atoms with Gasteiger partial charge >= 0.3 is 0 Å². The summed E-state index contributed by atoms with van der Waals surface area (Å²) in [6.45, 7) is 0. The van der Waals surface area contributed by atoms with Crippen LogP contribution < -0.4 is 0 Å². The van der Waals surface area contributed by atoms with Gasteiger partial charge in [0, 0.05) is 27.9 Å². The number of halogens is 1. The number of benzene rings is 2. The molecule has 2 heterocycles. The molecule has 4 rings (SSSR count). The largest absolute Gasteiger partial charge is 0.287 e. The molecule has 0 fully saturated rings. The highest BCUT2D eigenvalue weighted by molar-refractivity contribution is 9.10. The Kier molecular flexibility index (Phi) is 2.87. The summed E-state index contributed by atoms with van der Waals surface area (Å²) in [7, 11) is 1.86. The lowest BCUT2D eigenvalue weighted by Gasteiger charge is -2.01. The van der Waals surface area contributed by atoms with Crippen LogP contribution in [0.3, 0.4) is 0 Å². The van der Waals surface area contributed by atoms with Gasteiger partial charge in [-0.2, -0.15) is 10.2 Å². The number of fused-ring (bicyclic) bond motifs is 2. The molecule has 6 heteroatoms. The highest BCUT2D eigenvalue weighted by atomic mass is 79.9. The number of aromatic amines is 1. The minimum Gasteiger partial charge on any atom is -0.287 e. The molecule has 0 saturated heterocycles. The Hall–Kier alpha value is -2.47. The lowest BCUT2D eigenvalue weighted by molar-refractivity contribution is 0.103. The zero-order valence-electron chi connectivity index (χ0n) is 11.7. The second-order valence-corrected chi connectivity index (χ2v) is 6.05. The van der Waals surface area contributed by atoms with E-state index in [9.17, 15) is 4.79 Å². The van der Waals surface area contributed by atoms with E-state index in [1.54, 1.807) is 10.9 Å². The highest BCUT2D eigenvalue weighted by Crippen LogP contribution is 2.24. The van der Waals surface area contributed by atoms with Crippen LogP contribution in [0.15, 0.2) is 47.1 Å². The van der Waals surface area contributed by atoms with Gasteiger partial charge in [-0.05, 0) is 24.3 Å². The van der Waals surface area contributed by atoms with Crippen LogP contribution in [0, 0.1) is 0 Å². The standard InChI is InChI=1S/C16H11BrN4O/c1-21-14-6-9(2-3-10(14)8-18-21)16(22)15-12-7-11(17)4-5-13(12)19-20-15/h2-8H,1H3,(H,19,20). The van der Waals surface area contributed by atoms with E-state index in [4.69, 9.17) is 0 Å². The van der Waals surface area contributed by atoms with Crippen LogP contribution in [-0.4, -0.2) is 25.8 Å². The first-order valence-electron chi connectivity index (χ1n) is 6.73. The second-order valence-electron chi connectivity index (χ2n) is 5.13. The van der Waals surface area contributed by atoms with Crippen molar-refractivity contribution in [2.45, 2.75) is 0 Å². The lowest BCUT2D eigenvalue weighted by Crippen LogP contribution is -2.03. The van der Waals surface area contributed by atoms with Gasteiger partial charge in [0.15, 0.2) is 0 Å². The van der Waals surface area contributed by atoms with Gasteiger partial charge in [0.05, 0.1) is 17.2 Å². The molecule has 0 aliphatic carbocycles. The number of ketones is 1. The number of aryl methyl sites for hydroxylation is 1. The summed E-state index contributed by atoms with van der Waals surface area (Å²) in [5, 5.41) is 13.1. The molecule has 0 amide bonds. The van der Waals surface area contributed by atoms with Crippen LogP contribution in [-0.2, 0) is 7.05 Å². The summed E-state index contributed by atoms with van der Waals surface area (Å²) in [5.74, 6) is -0.104. The normalized spacial score (nSPS) is 11.4. The predicted molar refractivity (Wildman–Crippen MR) is 87.9 cm³/mol. The van der Waals surface area contributed by atoms with E-state index in [0.29, 0.717) is 11.3 Å². The fourth-order valence-electron chi connectivity index (χ4n) is 2.58.